The van der Waals surface area contributed by atoms with E-state index in [1.807, 2.05) is 36.9 Å². The number of carbonyl (C=O) groups is 3. The van der Waals surface area contributed by atoms with Crippen LogP contribution in [-0.4, -0.2) is 47.2 Å². The van der Waals surface area contributed by atoms with Crippen LogP contribution in [0.25, 0.3) is 0 Å². The number of pyridine rings is 1. The summed E-state index contributed by atoms with van der Waals surface area (Å²) < 4.78 is 0. The maximum absolute atomic E-state index is 12.5. The molecule has 1 saturated heterocycles. The van der Waals surface area contributed by atoms with Crippen molar-refractivity contribution < 1.29 is 14.4 Å². The second kappa shape index (κ2) is 9.32. The van der Waals surface area contributed by atoms with Crippen LogP contribution in [0.4, 0.5) is 5.69 Å². The first-order valence-corrected chi connectivity index (χ1v) is 9.80. The molecule has 1 aromatic heterocycles. The van der Waals surface area contributed by atoms with Gasteiger partial charge in [-0.1, -0.05) is 18.2 Å². The lowest BCUT2D eigenvalue weighted by Gasteiger charge is -2.32. The molecule has 7 heteroatoms. The van der Waals surface area contributed by atoms with Crippen molar-refractivity contribution in [3.8, 4) is 0 Å². The number of piperidine rings is 1. The van der Waals surface area contributed by atoms with Crippen LogP contribution in [0.2, 0.25) is 0 Å². The minimum atomic E-state index is -0.661. The Balaban J connectivity index is 1.44. The van der Waals surface area contributed by atoms with E-state index in [9.17, 15) is 14.4 Å². The molecule has 1 fully saturated rings. The molecule has 0 atom stereocenters. The van der Waals surface area contributed by atoms with Gasteiger partial charge in [-0.25, -0.2) is 0 Å². The van der Waals surface area contributed by atoms with Crippen LogP contribution in [-0.2, 0) is 9.59 Å². The van der Waals surface area contributed by atoms with E-state index in [-0.39, 0.29) is 11.8 Å². The lowest BCUT2D eigenvalue weighted by molar-refractivity contribution is -0.136. The van der Waals surface area contributed by atoms with E-state index in [0.29, 0.717) is 30.9 Å². The van der Waals surface area contributed by atoms with Crippen LogP contribution in [0, 0.1) is 19.8 Å². The van der Waals surface area contributed by atoms with E-state index >= 15 is 0 Å². The van der Waals surface area contributed by atoms with Gasteiger partial charge in [0.2, 0.25) is 0 Å². The maximum Gasteiger partial charge on any atom is 0.313 e. The molecule has 0 unspecified atom stereocenters. The number of rotatable bonds is 4. The summed E-state index contributed by atoms with van der Waals surface area (Å²) in [6.07, 6.45) is 4.78. The molecular formula is C22H26N4O3. The number of nitrogens with one attached hydrogen (secondary N) is 2. The monoisotopic (exact) mass is 394 g/mol. The summed E-state index contributed by atoms with van der Waals surface area (Å²) in [4.78, 5) is 42.6. The highest BCUT2D eigenvalue weighted by atomic mass is 16.2. The fraction of sp³-hybridized carbons (Fsp3) is 0.364. The minimum Gasteiger partial charge on any atom is -0.348 e. The van der Waals surface area contributed by atoms with Gasteiger partial charge in [0.1, 0.15) is 0 Å². The summed E-state index contributed by atoms with van der Waals surface area (Å²) in [7, 11) is 0. The minimum absolute atomic E-state index is 0.0198. The van der Waals surface area contributed by atoms with E-state index in [1.54, 1.807) is 24.5 Å². The Morgan fingerprint density at radius 3 is 2.34 bits per heavy atom. The summed E-state index contributed by atoms with van der Waals surface area (Å²) in [5, 5.41) is 5.42. The lowest BCUT2D eigenvalue weighted by Crippen LogP contribution is -2.43. The number of aryl methyl sites for hydroxylation is 2. The maximum atomic E-state index is 12.5. The number of hydrogen-bond acceptors (Lipinski definition) is 4. The van der Waals surface area contributed by atoms with Crippen molar-refractivity contribution in [1.29, 1.82) is 0 Å². The Kier molecular flexibility index (Phi) is 6.59. The zero-order chi connectivity index (χ0) is 20.8. The summed E-state index contributed by atoms with van der Waals surface area (Å²) >= 11 is 0. The molecule has 1 aromatic carbocycles. The summed E-state index contributed by atoms with van der Waals surface area (Å²) in [5.74, 6) is -1.08. The molecule has 0 bridgehead atoms. The van der Waals surface area contributed by atoms with Gasteiger partial charge in [-0.05, 0) is 55.9 Å². The first-order chi connectivity index (χ1) is 14.0. The molecule has 152 valence electrons. The fourth-order valence-corrected chi connectivity index (χ4v) is 3.51. The van der Waals surface area contributed by atoms with Gasteiger partial charge in [0, 0.05) is 37.7 Å². The van der Waals surface area contributed by atoms with Crippen molar-refractivity contribution in [2.24, 2.45) is 5.92 Å². The molecule has 2 aromatic rings. The van der Waals surface area contributed by atoms with Gasteiger partial charge in [0.15, 0.2) is 0 Å². The quantitative estimate of drug-likeness (QED) is 0.779. The van der Waals surface area contributed by atoms with Crippen LogP contribution >= 0.6 is 0 Å². The highest BCUT2D eigenvalue weighted by Gasteiger charge is 2.25. The Bertz CT molecular complexity index is 870. The number of likely N-dealkylation sites (tertiary alicyclic amines) is 1. The van der Waals surface area contributed by atoms with Crippen molar-refractivity contribution in [3.05, 3.63) is 59.4 Å². The molecule has 1 aliphatic heterocycles. The average Bonchev–Trinajstić information content (AvgIpc) is 2.75. The molecule has 3 rings (SSSR count). The van der Waals surface area contributed by atoms with Gasteiger partial charge in [0.05, 0.1) is 5.56 Å². The van der Waals surface area contributed by atoms with E-state index in [1.165, 1.54) is 0 Å². The number of nitrogens with zero attached hydrogens (tertiary/aromatic N) is 2. The van der Waals surface area contributed by atoms with E-state index in [2.05, 4.69) is 15.6 Å². The SMILES string of the molecule is Cc1cccc(C)c1NC(=O)C(=O)NCC1CCN(C(=O)c2cccnc2)CC1. The predicted octanol–water partition coefficient (Wildman–Crippen LogP) is 2.31. The second-order valence-corrected chi connectivity index (χ2v) is 7.41. The van der Waals surface area contributed by atoms with Gasteiger partial charge in [-0.2, -0.15) is 0 Å². The van der Waals surface area contributed by atoms with Crippen LogP contribution in [0.3, 0.4) is 0 Å². The van der Waals surface area contributed by atoms with Crippen molar-refractivity contribution in [2.75, 3.05) is 25.0 Å². The molecule has 0 saturated carbocycles. The summed E-state index contributed by atoms with van der Waals surface area (Å²) in [6, 6.07) is 9.20. The second-order valence-electron chi connectivity index (χ2n) is 7.41. The third kappa shape index (κ3) is 5.19. The Morgan fingerprint density at radius 2 is 1.72 bits per heavy atom. The van der Waals surface area contributed by atoms with Crippen molar-refractivity contribution in [1.82, 2.24) is 15.2 Å². The molecule has 7 nitrogen and oxygen atoms in total. The molecule has 1 aliphatic rings. The molecular weight excluding hydrogens is 368 g/mol. The zero-order valence-electron chi connectivity index (χ0n) is 16.8. The zero-order valence-corrected chi connectivity index (χ0v) is 16.8. The molecule has 0 aliphatic carbocycles. The number of hydrogen-bond donors (Lipinski definition) is 2. The number of aromatic nitrogens is 1. The van der Waals surface area contributed by atoms with Crippen molar-refractivity contribution >= 4 is 23.4 Å². The number of anilines is 1. The highest BCUT2D eigenvalue weighted by molar-refractivity contribution is 6.39. The first kappa shape index (κ1) is 20.5. The van der Waals surface area contributed by atoms with Crippen molar-refractivity contribution in [2.45, 2.75) is 26.7 Å². The standard InChI is InChI=1S/C22H26N4O3/c1-15-5-3-6-16(2)19(15)25-21(28)20(27)24-13-17-8-11-26(12-9-17)22(29)18-7-4-10-23-14-18/h3-7,10,14,17H,8-9,11-13H2,1-2H3,(H,24,27)(H,25,28). The van der Waals surface area contributed by atoms with Crippen LogP contribution in [0.5, 0.6) is 0 Å². The van der Waals surface area contributed by atoms with Crippen LogP contribution in [0.15, 0.2) is 42.7 Å². The van der Waals surface area contributed by atoms with Crippen molar-refractivity contribution in [3.63, 3.8) is 0 Å². The molecule has 2 N–H and O–H groups in total. The number of carbonyl (C=O) groups excluding carboxylic acids is 3. The number of benzene rings is 1. The van der Waals surface area contributed by atoms with Crippen LogP contribution < -0.4 is 10.6 Å². The summed E-state index contributed by atoms with van der Waals surface area (Å²) in [6.45, 7) is 5.46. The number of amides is 3. The fourth-order valence-electron chi connectivity index (χ4n) is 3.51. The largest absolute Gasteiger partial charge is 0.348 e. The van der Waals surface area contributed by atoms with Gasteiger partial charge in [-0.3, -0.25) is 19.4 Å². The Labute approximate surface area is 170 Å². The first-order valence-electron chi connectivity index (χ1n) is 9.80. The average molecular weight is 394 g/mol. The van der Waals surface area contributed by atoms with Gasteiger partial charge in [0.25, 0.3) is 5.91 Å². The normalized spacial score (nSPS) is 14.3. The van der Waals surface area contributed by atoms with Crippen LogP contribution in [0.1, 0.15) is 34.3 Å². The molecule has 29 heavy (non-hydrogen) atoms. The summed E-state index contributed by atoms with van der Waals surface area (Å²) in [5.41, 5.74) is 3.09. The molecule has 0 spiro atoms. The molecule has 2 heterocycles. The highest BCUT2D eigenvalue weighted by Crippen LogP contribution is 2.20. The Morgan fingerprint density at radius 1 is 1.03 bits per heavy atom. The van der Waals surface area contributed by atoms with E-state index in [0.717, 1.165) is 24.0 Å². The van der Waals surface area contributed by atoms with Gasteiger partial charge >= 0.3 is 11.8 Å². The number of para-hydroxylation sites is 1. The van der Waals surface area contributed by atoms with Gasteiger partial charge in [-0.15, -0.1) is 0 Å². The van der Waals surface area contributed by atoms with Gasteiger partial charge < -0.3 is 15.5 Å². The smallest absolute Gasteiger partial charge is 0.313 e. The lowest BCUT2D eigenvalue weighted by atomic mass is 9.96. The third-order valence-corrected chi connectivity index (χ3v) is 5.29. The molecule has 3 amide bonds. The third-order valence-electron chi connectivity index (χ3n) is 5.29. The Hall–Kier alpha value is -3.22. The van der Waals surface area contributed by atoms with E-state index in [4.69, 9.17) is 0 Å². The van der Waals surface area contributed by atoms with E-state index < -0.39 is 11.8 Å². The molecule has 0 radical (unpaired) electrons. The predicted molar refractivity (Wildman–Crippen MR) is 110 cm³/mol. The topological polar surface area (TPSA) is 91.4 Å².